The second kappa shape index (κ2) is 8.71. The Labute approximate surface area is 165 Å². The van der Waals surface area contributed by atoms with Gasteiger partial charge in [-0.25, -0.2) is 4.98 Å². The molecule has 0 bridgehead atoms. The van der Waals surface area contributed by atoms with Crippen molar-refractivity contribution in [3.8, 4) is 5.75 Å². The number of fused-ring (bicyclic) bond motifs is 1. The molecule has 28 heavy (non-hydrogen) atoms. The first-order chi connectivity index (χ1) is 13.8. The van der Waals surface area contributed by atoms with Crippen molar-refractivity contribution < 1.29 is 9.47 Å². The van der Waals surface area contributed by atoms with Gasteiger partial charge in [0, 0.05) is 38.5 Å². The summed E-state index contributed by atoms with van der Waals surface area (Å²) in [7, 11) is 1.67. The summed E-state index contributed by atoms with van der Waals surface area (Å²) in [6.07, 6.45) is 1.80. The Balaban J connectivity index is 1.41. The maximum atomic E-state index is 5.79. The molecular formula is C22H24N4O2. The first-order valence-electron chi connectivity index (χ1n) is 9.42. The van der Waals surface area contributed by atoms with Gasteiger partial charge in [0.1, 0.15) is 18.2 Å². The van der Waals surface area contributed by atoms with Gasteiger partial charge < -0.3 is 19.7 Å². The second-order valence-electron chi connectivity index (χ2n) is 6.67. The lowest BCUT2D eigenvalue weighted by molar-refractivity contribution is 0.146. The molecular weight excluding hydrogens is 352 g/mol. The lowest BCUT2D eigenvalue weighted by Crippen LogP contribution is -2.17. The number of nitrogens with zero attached hydrogens (tertiary/aromatic N) is 3. The van der Waals surface area contributed by atoms with Crippen molar-refractivity contribution in [2.75, 3.05) is 30.5 Å². The third-order valence-corrected chi connectivity index (χ3v) is 4.76. The van der Waals surface area contributed by atoms with Crippen LogP contribution in [0.5, 0.6) is 5.75 Å². The maximum Gasteiger partial charge on any atom is 0.224 e. The fourth-order valence-corrected chi connectivity index (χ4v) is 3.31. The van der Waals surface area contributed by atoms with Crippen LogP contribution in [0.1, 0.15) is 16.7 Å². The van der Waals surface area contributed by atoms with E-state index in [-0.39, 0.29) is 0 Å². The zero-order valence-electron chi connectivity index (χ0n) is 16.0. The fourth-order valence-electron chi connectivity index (χ4n) is 3.31. The molecule has 0 amide bonds. The molecule has 1 aliphatic heterocycles. The number of aromatic nitrogens is 2. The minimum absolute atomic E-state index is 0.523. The quantitative estimate of drug-likeness (QED) is 0.606. The molecule has 1 aromatic heterocycles. The fraction of sp³-hybridized carbons (Fsp3) is 0.273. The van der Waals surface area contributed by atoms with E-state index in [1.807, 2.05) is 30.3 Å². The Kier molecular flexibility index (Phi) is 5.68. The van der Waals surface area contributed by atoms with Crippen molar-refractivity contribution in [3.05, 3.63) is 77.5 Å². The van der Waals surface area contributed by atoms with Gasteiger partial charge in [0.25, 0.3) is 0 Å². The highest BCUT2D eigenvalue weighted by Crippen LogP contribution is 2.27. The van der Waals surface area contributed by atoms with E-state index in [1.54, 1.807) is 13.3 Å². The Bertz CT molecular complexity index is 907. The molecule has 0 unspecified atom stereocenters. The van der Waals surface area contributed by atoms with Crippen LogP contribution in [0.2, 0.25) is 0 Å². The molecule has 6 heteroatoms. The number of hydrogen-bond donors (Lipinski definition) is 1. The Morgan fingerprint density at radius 3 is 2.50 bits per heavy atom. The molecule has 0 saturated carbocycles. The number of hydrogen-bond acceptors (Lipinski definition) is 6. The van der Waals surface area contributed by atoms with Crippen LogP contribution in [0.15, 0.2) is 60.8 Å². The first-order valence-corrected chi connectivity index (χ1v) is 9.42. The molecule has 6 nitrogen and oxygen atoms in total. The largest absolute Gasteiger partial charge is 0.491 e. The second-order valence-corrected chi connectivity index (χ2v) is 6.67. The van der Waals surface area contributed by atoms with Crippen LogP contribution in [0.3, 0.4) is 0 Å². The van der Waals surface area contributed by atoms with Crippen LogP contribution < -0.4 is 15.0 Å². The van der Waals surface area contributed by atoms with Gasteiger partial charge in [0.2, 0.25) is 5.95 Å². The van der Waals surface area contributed by atoms with E-state index in [9.17, 15) is 0 Å². The van der Waals surface area contributed by atoms with Crippen molar-refractivity contribution in [1.82, 2.24) is 9.97 Å². The Morgan fingerprint density at radius 2 is 1.71 bits per heavy atom. The highest BCUT2D eigenvalue weighted by Gasteiger charge is 2.19. The zero-order valence-corrected chi connectivity index (χ0v) is 16.0. The topological polar surface area (TPSA) is 59.5 Å². The third kappa shape index (κ3) is 4.23. The van der Waals surface area contributed by atoms with Crippen LogP contribution in [-0.4, -0.2) is 30.3 Å². The molecule has 0 atom stereocenters. The van der Waals surface area contributed by atoms with E-state index >= 15 is 0 Å². The number of ether oxygens (including phenoxy) is 2. The summed E-state index contributed by atoms with van der Waals surface area (Å²) in [5.74, 6) is 2.39. The molecule has 144 valence electrons. The average Bonchev–Trinajstić information content (AvgIpc) is 3.18. The molecule has 0 aliphatic carbocycles. The molecule has 0 fully saturated rings. The first kappa shape index (κ1) is 18.3. The standard InChI is InChI=1S/C22H24N4O2/c1-27-12-13-28-20-9-5-4-6-17(20)14-24-22-23-11-10-21(25-22)26-15-18-7-2-3-8-19(18)16-26/h2-11H,12-16H2,1H3,(H,23,24,25). The minimum atomic E-state index is 0.523. The summed E-state index contributed by atoms with van der Waals surface area (Å²) in [6.45, 7) is 3.43. The van der Waals surface area contributed by atoms with Gasteiger partial charge in [0.15, 0.2) is 0 Å². The number of methoxy groups -OCH3 is 1. The van der Waals surface area contributed by atoms with Crippen molar-refractivity contribution in [1.29, 1.82) is 0 Å². The number of anilines is 2. The number of benzene rings is 2. The molecule has 4 rings (SSSR count). The summed E-state index contributed by atoms with van der Waals surface area (Å²) in [6, 6.07) is 18.4. The van der Waals surface area contributed by atoms with Crippen molar-refractivity contribution in [2.24, 2.45) is 0 Å². The van der Waals surface area contributed by atoms with E-state index in [0.29, 0.717) is 25.7 Å². The smallest absolute Gasteiger partial charge is 0.224 e. The minimum Gasteiger partial charge on any atom is -0.491 e. The molecule has 3 aromatic rings. The van der Waals surface area contributed by atoms with E-state index in [2.05, 4.69) is 39.5 Å². The summed E-state index contributed by atoms with van der Waals surface area (Å²) in [4.78, 5) is 11.3. The van der Waals surface area contributed by atoms with Crippen molar-refractivity contribution in [2.45, 2.75) is 19.6 Å². The average molecular weight is 376 g/mol. The molecule has 2 heterocycles. The van der Waals surface area contributed by atoms with Crippen LogP contribution in [0.4, 0.5) is 11.8 Å². The highest BCUT2D eigenvalue weighted by molar-refractivity contribution is 5.49. The van der Waals surface area contributed by atoms with Gasteiger partial charge in [-0.05, 0) is 23.3 Å². The van der Waals surface area contributed by atoms with Gasteiger partial charge >= 0.3 is 0 Å². The van der Waals surface area contributed by atoms with Crippen LogP contribution >= 0.6 is 0 Å². The highest BCUT2D eigenvalue weighted by atomic mass is 16.5. The predicted molar refractivity (Wildman–Crippen MR) is 110 cm³/mol. The number of nitrogens with one attached hydrogen (secondary N) is 1. The lowest BCUT2D eigenvalue weighted by Gasteiger charge is -2.17. The van der Waals surface area contributed by atoms with Gasteiger partial charge in [-0.15, -0.1) is 0 Å². The predicted octanol–water partition coefficient (Wildman–Crippen LogP) is 3.63. The molecule has 1 N–H and O–H groups in total. The summed E-state index contributed by atoms with van der Waals surface area (Å²) in [5.41, 5.74) is 3.77. The zero-order chi connectivity index (χ0) is 19.2. The van der Waals surface area contributed by atoms with Crippen LogP contribution in [0.25, 0.3) is 0 Å². The molecule has 0 saturated heterocycles. The van der Waals surface area contributed by atoms with E-state index in [4.69, 9.17) is 14.5 Å². The normalized spacial score (nSPS) is 12.7. The van der Waals surface area contributed by atoms with E-state index < -0.39 is 0 Å². The van der Waals surface area contributed by atoms with Crippen LogP contribution in [-0.2, 0) is 24.4 Å². The summed E-state index contributed by atoms with van der Waals surface area (Å²) in [5, 5.41) is 3.32. The summed E-state index contributed by atoms with van der Waals surface area (Å²) >= 11 is 0. The molecule has 0 spiro atoms. The monoisotopic (exact) mass is 376 g/mol. The SMILES string of the molecule is COCCOc1ccccc1CNc1nccc(N2Cc3ccccc3C2)n1. The number of rotatable bonds is 8. The summed E-state index contributed by atoms with van der Waals surface area (Å²) < 4.78 is 10.8. The Hall–Kier alpha value is -3.12. The van der Waals surface area contributed by atoms with Crippen molar-refractivity contribution >= 4 is 11.8 Å². The molecule has 1 aliphatic rings. The number of para-hydroxylation sites is 1. The molecule has 0 radical (unpaired) electrons. The Morgan fingerprint density at radius 1 is 0.964 bits per heavy atom. The van der Waals surface area contributed by atoms with Crippen LogP contribution in [0, 0.1) is 0 Å². The van der Waals surface area contributed by atoms with Gasteiger partial charge in [-0.1, -0.05) is 42.5 Å². The van der Waals surface area contributed by atoms with Gasteiger partial charge in [-0.2, -0.15) is 4.98 Å². The molecule has 2 aromatic carbocycles. The van der Waals surface area contributed by atoms with E-state index in [0.717, 1.165) is 30.2 Å². The van der Waals surface area contributed by atoms with Crippen molar-refractivity contribution in [3.63, 3.8) is 0 Å². The van der Waals surface area contributed by atoms with E-state index in [1.165, 1.54) is 11.1 Å². The van der Waals surface area contributed by atoms with Gasteiger partial charge in [-0.3, -0.25) is 0 Å². The van der Waals surface area contributed by atoms with Gasteiger partial charge in [0.05, 0.1) is 6.61 Å². The lowest BCUT2D eigenvalue weighted by atomic mass is 10.1. The maximum absolute atomic E-state index is 5.79. The third-order valence-electron chi connectivity index (χ3n) is 4.76.